The van der Waals surface area contributed by atoms with Gasteiger partial charge in [-0.05, 0) is 31.4 Å². The van der Waals surface area contributed by atoms with E-state index in [0.29, 0.717) is 30.2 Å². The summed E-state index contributed by atoms with van der Waals surface area (Å²) in [6.45, 7) is 3.09. The van der Waals surface area contributed by atoms with E-state index in [-0.39, 0.29) is 22.7 Å². The van der Waals surface area contributed by atoms with Gasteiger partial charge in [-0.2, -0.15) is 0 Å². The third kappa shape index (κ3) is 2.10. The van der Waals surface area contributed by atoms with Crippen molar-refractivity contribution in [3.63, 3.8) is 0 Å². The van der Waals surface area contributed by atoms with Gasteiger partial charge in [-0.15, -0.1) is 0 Å². The number of carbonyl (C=O) groups is 1. The van der Waals surface area contributed by atoms with Crippen molar-refractivity contribution in [2.75, 3.05) is 5.73 Å². The van der Waals surface area contributed by atoms with Crippen molar-refractivity contribution in [2.24, 2.45) is 10.7 Å². The number of anilines is 1. The maximum Gasteiger partial charge on any atom is 0.294 e. The van der Waals surface area contributed by atoms with Crippen LogP contribution in [0.1, 0.15) is 19.8 Å². The van der Waals surface area contributed by atoms with Gasteiger partial charge >= 0.3 is 0 Å². The molecule has 0 radical (unpaired) electrons. The first-order valence-electron chi connectivity index (χ1n) is 6.87. The Hall–Kier alpha value is -2.57. The lowest BCUT2D eigenvalue weighted by atomic mass is 10.0. The molecule has 4 N–H and O–H groups in total. The summed E-state index contributed by atoms with van der Waals surface area (Å²) >= 11 is 0. The average Bonchev–Trinajstić information content (AvgIpc) is 2.67. The minimum Gasteiger partial charge on any atom is -0.397 e. The molecule has 0 bridgehead atoms. The molecule has 0 amide bonds. The van der Waals surface area contributed by atoms with Crippen molar-refractivity contribution in [3.8, 4) is 0 Å². The lowest BCUT2D eigenvalue weighted by Gasteiger charge is -2.17. The van der Waals surface area contributed by atoms with Crippen LogP contribution in [0.5, 0.6) is 0 Å². The molecule has 1 aliphatic heterocycles. The molecular formula is C14H17N5O2. The highest BCUT2D eigenvalue weighted by molar-refractivity contribution is 6.22. The van der Waals surface area contributed by atoms with E-state index >= 15 is 0 Å². The van der Waals surface area contributed by atoms with Gasteiger partial charge in [0.1, 0.15) is 0 Å². The van der Waals surface area contributed by atoms with Gasteiger partial charge in [-0.1, -0.05) is 0 Å². The Labute approximate surface area is 121 Å². The highest BCUT2D eigenvalue weighted by Gasteiger charge is 2.22. The van der Waals surface area contributed by atoms with Gasteiger partial charge in [0, 0.05) is 19.2 Å². The Balaban J connectivity index is 2.15. The average molecular weight is 287 g/mol. The number of hydrogen-bond donors (Lipinski definition) is 2. The fraction of sp³-hybridized carbons (Fsp3) is 0.357. The van der Waals surface area contributed by atoms with Crippen LogP contribution >= 0.6 is 0 Å². The number of nitrogens with zero attached hydrogens (tertiary/aromatic N) is 3. The summed E-state index contributed by atoms with van der Waals surface area (Å²) in [6, 6.07) is 0. The van der Waals surface area contributed by atoms with Crippen molar-refractivity contribution in [1.29, 1.82) is 0 Å². The van der Waals surface area contributed by atoms with Crippen LogP contribution in [0.4, 0.5) is 11.5 Å². The fourth-order valence-corrected chi connectivity index (χ4v) is 2.72. The van der Waals surface area contributed by atoms with Gasteiger partial charge in [0.15, 0.2) is 17.3 Å². The Morgan fingerprint density at radius 2 is 1.76 bits per heavy atom. The van der Waals surface area contributed by atoms with Crippen molar-refractivity contribution in [3.05, 3.63) is 33.8 Å². The zero-order chi connectivity index (χ0) is 15.1. The summed E-state index contributed by atoms with van der Waals surface area (Å²) < 4.78 is 3.38. The minimum absolute atomic E-state index is 0.176. The molecule has 1 aromatic rings. The molecule has 21 heavy (non-hydrogen) atoms. The molecule has 2 heterocycles. The number of aliphatic imine (C=N–C) groups is 1. The lowest BCUT2D eigenvalue weighted by Crippen LogP contribution is -2.27. The Kier molecular flexibility index (Phi) is 3.04. The molecule has 0 fully saturated rings. The number of nitrogens with two attached hydrogens (primary N) is 2. The number of rotatable bonds is 1. The first kappa shape index (κ1) is 13.4. The quantitative estimate of drug-likeness (QED) is 0.732. The van der Waals surface area contributed by atoms with Crippen LogP contribution in [0.25, 0.3) is 0 Å². The maximum absolute atomic E-state index is 12.4. The van der Waals surface area contributed by atoms with Crippen molar-refractivity contribution < 1.29 is 4.79 Å². The van der Waals surface area contributed by atoms with Crippen LogP contribution in [-0.2, 0) is 17.9 Å². The van der Waals surface area contributed by atoms with Crippen LogP contribution in [0.15, 0.2) is 33.2 Å². The fourth-order valence-electron chi connectivity index (χ4n) is 2.72. The lowest BCUT2D eigenvalue weighted by molar-refractivity contribution is -0.110. The number of carbonyl (C=O) groups excluding carboxylic acids is 1. The Morgan fingerprint density at radius 1 is 1.10 bits per heavy atom. The van der Waals surface area contributed by atoms with Gasteiger partial charge in [-0.3, -0.25) is 14.3 Å². The molecule has 0 saturated carbocycles. The predicted molar refractivity (Wildman–Crippen MR) is 80.5 cm³/mol. The smallest absolute Gasteiger partial charge is 0.294 e. The van der Waals surface area contributed by atoms with Crippen LogP contribution < -0.4 is 17.0 Å². The van der Waals surface area contributed by atoms with Crippen molar-refractivity contribution in [1.82, 2.24) is 9.36 Å². The number of ketones is 1. The molecular weight excluding hydrogens is 270 g/mol. The van der Waals surface area contributed by atoms with Gasteiger partial charge in [0.05, 0.1) is 11.4 Å². The second-order valence-electron chi connectivity index (χ2n) is 5.28. The Bertz CT molecular complexity index is 752. The molecule has 0 aromatic carbocycles. The summed E-state index contributed by atoms with van der Waals surface area (Å²) in [5, 5.41) is 0. The second-order valence-corrected chi connectivity index (χ2v) is 5.28. The molecule has 2 aliphatic rings. The normalized spacial score (nSPS) is 20.2. The molecule has 7 nitrogen and oxygen atoms in total. The number of nitrogen functional groups attached to an aromatic ring is 1. The first-order chi connectivity index (χ1) is 9.99. The summed E-state index contributed by atoms with van der Waals surface area (Å²) in [4.78, 5) is 28.1. The van der Waals surface area contributed by atoms with Crippen LogP contribution in [0.2, 0.25) is 0 Å². The monoisotopic (exact) mass is 287 g/mol. The van der Waals surface area contributed by atoms with Crippen LogP contribution in [0, 0.1) is 0 Å². The number of aromatic nitrogens is 2. The molecule has 1 aromatic heterocycles. The van der Waals surface area contributed by atoms with Gasteiger partial charge in [-0.25, -0.2) is 9.67 Å². The molecule has 0 spiro atoms. The maximum atomic E-state index is 12.4. The van der Waals surface area contributed by atoms with E-state index in [1.807, 2.05) is 0 Å². The number of allylic oxidation sites excluding steroid dienone is 3. The molecule has 3 rings (SSSR count). The number of hydrogen-bond acceptors (Lipinski definition) is 5. The molecule has 0 atom stereocenters. The largest absolute Gasteiger partial charge is 0.397 e. The summed E-state index contributed by atoms with van der Waals surface area (Å²) in [5.74, 6) is 0.175. The van der Waals surface area contributed by atoms with E-state index in [2.05, 4.69) is 4.99 Å². The van der Waals surface area contributed by atoms with E-state index in [0.717, 1.165) is 12.8 Å². The third-order valence-electron chi connectivity index (χ3n) is 3.77. The van der Waals surface area contributed by atoms with Gasteiger partial charge in [0.25, 0.3) is 5.56 Å². The predicted octanol–water partition coefficient (Wildman–Crippen LogP) is 0.470. The molecule has 0 unspecified atom stereocenters. The van der Waals surface area contributed by atoms with Gasteiger partial charge in [0.2, 0.25) is 0 Å². The molecule has 110 valence electrons. The summed E-state index contributed by atoms with van der Waals surface area (Å²) in [6.07, 6.45) is 4.69. The topological polar surface area (TPSA) is 108 Å². The molecule has 7 heteroatoms. The standard InChI is InChI=1S/C14H17N5O2/c1-8-6-9(20)7-10(15)11(8)17-12-13(16)18-4-2-3-5-19(18)14(12)21/h6-7H,2-5,15-16H2,1H3/b17-11+. The second kappa shape index (κ2) is 4.76. The molecule has 1 aliphatic carbocycles. The van der Waals surface area contributed by atoms with E-state index in [1.165, 1.54) is 12.2 Å². The highest BCUT2D eigenvalue weighted by Crippen LogP contribution is 2.24. The van der Waals surface area contributed by atoms with Crippen LogP contribution in [0.3, 0.4) is 0 Å². The van der Waals surface area contributed by atoms with Gasteiger partial charge < -0.3 is 11.5 Å². The minimum atomic E-state index is -0.211. The SMILES string of the molecule is CC1=CC(=O)C=C(N)/C1=N/c1c(N)n2n(c1=O)CCCC2. The van der Waals surface area contributed by atoms with E-state index in [4.69, 9.17) is 11.5 Å². The zero-order valence-corrected chi connectivity index (χ0v) is 11.8. The highest BCUT2D eigenvalue weighted by atomic mass is 16.1. The van der Waals surface area contributed by atoms with E-state index in [1.54, 1.807) is 16.3 Å². The van der Waals surface area contributed by atoms with Crippen molar-refractivity contribution >= 4 is 23.0 Å². The van der Waals surface area contributed by atoms with Crippen molar-refractivity contribution in [2.45, 2.75) is 32.9 Å². The molecule has 0 saturated heterocycles. The van der Waals surface area contributed by atoms with E-state index < -0.39 is 0 Å². The Morgan fingerprint density at radius 3 is 2.38 bits per heavy atom. The van der Waals surface area contributed by atoms with E-state index in [9.17, 15) is 9.59 Å². The summed E-state index contributed by atoms with van der Waals surface area (Å²) in [7, 11) is 0. The van der Waals surface area contributed by atoms with Crippen LogP contribution in [-0.4, -0.2) is 20.9 Å². The summed E-state index contributed by atoms with van der Waals surface area (Å²) in [5.41, 5.74) is 13.2. The third-order valence-corrected chi connectivity index (χ3v) is 3.77. The zero-order valence-electron chi connectivity index (χ0n) is 11.8. The number of fused-ring (bicyclic) bond motifs is 1. The first-order valence-corrected chi connectivity index (χ1v) is 6.87.